The van der Waals surface area contributed by atoms with Crippen LogP contribution >= 0.6 is 15.9 Å². The molecule has 1 heterocycles. The summed E-state index contributed by atoms with van der Waals surface area (Å²) in [5.41, 5.74) is 2.66. The van der Waals surface area contributed by atoms with Gasteiger partial charge in [-0.15, -0.1) is 0 Å². The average Bonchev–Trinajstić information content (AvgIpc) is 3.51. The van der Waals surface area contributed by atoms with Gasteiger partial charge in [0.1, 0.15) is 12.4 Å². The van der Waals surface area contributed by atoms with Gasteiger partial charge in [-0.25, -0.2) is 4.79 Å². The summed E-state index contributed by atoms with van der Waals surface area (Å²) in [4.78, 5) is 13.3. The van der Waals surface area contributed by atoms with Crippen molar-refractivity contribution in [3.8, 4) is 5.75 Å². The van der Waals surface area contributed by atoms with E-state index in [0.29, 0.717) is 31.2 Å². The fraction of sp³-hybridized carbons (Fsp3) is 0.227. The summed E-state index contributed by atoms with van der Waals surface area (Å²) in [5, 5.41) is 11.7. The first-order valence-electron chi connectivity index (χ1n) is 9.05. The van der Waals surface area contributed by atoms with Crippen LogP contribution < -0.4 is 9.64 Å². The number of benzene rings is 3. The van der Waals surface area contributed by atoms with E-state index in [-0.39, 0.29) is 6.10 Å². The van der Waals surface area contributed by atoms with Crippen LogP contribution in [0.25, 0.3) is 10.8 Å². The van der Waals surface area contributed by atoms with Crippen molar-refractivity contribution < 1.29 is 19.4 Å². The van der Waals surface area contributed by atoms with Crippen LogP contribution in [0, 0.1) is 6.92 Å². The number of hydrogen-bond donors (Lipinski definition) is 1. The van der Waals surface area contributed by atoms with Crippen molar-refractivity contribution in [2.75, 3.05) is 18.1 Å². The van der Waals surface area contributed by atoms with E-state index in [9.17, 15) is 9.90 Å². The molecule has 0 aromatic heterocycles. The molecule has 1 fully saturated rings. The third-order valence-corrected chi connectivity index (χ3v) is 5.60. The fourth-order valence-electron chi connectivity index (χ4n) is 3.27. The van der Waals surface area contributed by atoms with Crippen molar-refractivity contribution in [3.05, 3.63) is 70.2 Å². The van der Waals surface area contributed by atoms with Gasteiger partial charge in [0.05, 0.1) is 24.9 Å². The number of epoxide rings is 1. The molecule has 1 unspecified atom stereocenters. The first-order chi connectivity index (χ1) is 13.5. The van der Waals surface area contributed by atoms with Crippen LogP contribution in [-0.4, -0.2) is 30.5 Å². The van der Waals surface area contributed by atoms with Crippen molar-refractivity contribution in [1.29, 1.82) is 0 Å². The molecule has 6 heteroatoms. The van der Waals surface area contributed by atoms with E-state index in [1.54, 1.807) is 6.07 Å². The minimum absolute atomic E-state index is 0.0516. The summed E-state index contributed by atoms with van der Waals surface area (Å²) in [6.45, 7) is 3.30. The van der Waals surface area contributed by atoms with Crippen LogP contribution in [0.3, 0.4) is 0 Å². The number of carboxylic acid groups (broad SMARTS) is 1. The molecule has 3 aromatic carbocycles. The van der Waals surface area contributed by atoms with Gasteiger partial charge in [-0.05, 0) is 34.0 Å². The van der Waals surface area contributed by atoms with Crippen molar-refractivity contribution >= 4 is 38.5 Å². The Balaban J connectivity index is 1.79. The SMILES string of the molecule is Cc1cccc2c(OCc3ccccc3)cc(N(CC3CO3)C(=O)O)c(Br)c12. The summed E-state index contributed by atoms with van der Waals surface area (Å²) < 4.78 is 12.1. The van der Waals surface area contributed by atoms with E-state index in [1.807, 2.05) is 55.5 Å². The van der Waals surface area contributed by atoms with E-state index in [2.05, 4.69) is 15.9 Å². The van der Waals surface area contributed by atoms with Gasteiger partial charge in [0, 0.05) is 21.3 Å². The summed E-state index contributed by atoms with van der Waals surface area (Å²) >= 11 is 3.64. The molecule has 0 spiro atoms. The van der Waals surface area contributed by atoms with Gasteiger partial charge in [-0.3, -0.25) is 4.90 Å². The zero-order valence-electron chi connectivity index (χ0n) is 15.4. The van der Waals surface area contributed by atoms with Crippen molar-refractivity contribution in [2.45, 2.75) is 19.6 Å². The van der Waals surface area contributed by atoms with Gasteiger partial charge in [0.15, 0.2) is 0 Å². The lowest BCUT2D eigenvalue weighted by Crippen LogP contribution is -2.33. The van der Waals surface area contributed by atoms with E-state index < -0.39 is 6.09 Å². The molecule has 0 bridgehead atoms. The molecule has 0 radical (unpaired) electrons. The summed E-state index contributed by atoms with van der Waals surface area (Å²) in [5.74, 6) is 0.656. The van der Waals surface area contributed by atoms with Gasteiger partial charge in [0.25, 0.3) is 0 Å². The molecule has 3 aromatic rings. The van der Waals surface area contributed by atoms with E-state index in [4.69, 9.17) is 9.47 Å². The van der Waals surface area contributed by atoms with Gasteiger partial charge >= 0.3 is 6.09 Å². The first kappa shape index (κ1) is 18.8. The summed E-state index contributed by atoms with van der Waals surface area (Å²) in [7, 11) is 0. The Bertz CT molecular complexity index is 1020. The maximum Gasteiger partial charge on any atom is 0.411 e. The van der Waals surface area contributed by atoms with Gasteiger partial charge in [0.2, 0.25) is 0 Å². The smallest absolute Gasteiger partial charge is 0.411 e. The molecule has 1 saturated heterocycles. The maximum absolute atomic E-state index is 11.9. The number of carbonyl (C=O) groups is 1. The zero-order valence-corrected chi connectivity index (χ0v) is 17.0. The topological polar surface area (TPSA) is 62.3 Å². The molecular weight excluding hydrogens is 422 g/mol. The number of fused-ring (bicyclic) bond motifs is 1. The fourth-order valence-corrected chi connectivity index (χ4v) is 4.12. The Morgan fingerprint density at radius 3 is 2.68 bits per heavy atom. The highest BCUT2D eigenvalue weighted by Crippen LogP contribution is 2.42. The molecule has 0 aliphatic carbocycles. The predicted molar refractivity (Wildman–Crippen MR) is 112 cm³/mol. The third-order valence-electron chi connectivity index (χ3n) is 4.80. The molecule has 1 amide bonds. The number of halogens is 1. The van der Waals surface area contributed by atoms with Gasteiger partial charge in [-0.1, -0.05) is 48.5 Å². The standard InChI is InChI=1S/C22H20BrNO4/c1-14-6-5-9-17-19(28-12-15-7-3-2-4-8-15)10-18(21(23)20(14)17)24(22(25)26)11-16-13-27-16/h2-10,16H,11-13H2,1H3,(H,25,26). The molecule has 1 atom stereocenters. The molecule has 4 rings (SSSR count). The second kappa shape index (κ2) is 7.81. The maximum atomic E-state index is 11.9. The minimum atomic E-state index is -1.02. The second-order valence-corrected chi connectivity index (χ2v) is 7.62. The van der Waals surface area contributed by atoms with Crippen molar-refractivity contribution in [3.63, 3.8) is 0 Å². The second-order valence-electron chi connectivity index (χ2n) is 6.83. The Kier molecular flexibility index (Phi) is 5.24. The Morgan fingerprint density at radius 2 is 2.00 bits per heavy atom. The lowest BCUT2D eigenvalue weighted by molar-refractivity contribution is 0.201. The number of rotatable bonds is 6. The highest BCUT2D eigenvalue weighted by Gasteiger charge is 2.30. The van der Waals surface area contributed by atoms with E-state index >= 15 is 0 Å². The molecule has 1 N–H and O–H groups in total. The quantitative estimate of drug-likeness (QED) is 0.522. The number of hydrogen-bond acceptors (Lipinski definition) is 3. The highest BCUT2D eigenvalue weighted by atomic mass is 79.9. The van der Waals surface area contributed by atoms with Crippen LogP contribution in [0.15, 0.2) is 59.1 Å². The Morgan fingerprint density at radius 1 is 1.25 bits per heavy atom. The minimum Gasteiger partial charge on any atom is -0.488 e. The number of amides is 1. The van der Waals surface area contributed by atoms with Crippen LogP contribution in [0.1, 0.15) is 11.1 Å². The zero-order chi connectivity index (χ0) is 19.7. The monoisotopic (exact) mass is 441 g/mol. The summed E-state index contributed by atoms with van der Waals surface area (Å²) in [6.07, 6.45) is -1.07. The Hall–Kier alpha value is -2.57. The van der Waals surface area contributed by atoms with Gasteiger partial charge in [-0.2, -0.15) is 0 Å². The number of aryl methyl sites for hydroxylation is 1. The van der Waals surface area contributed by atoms with Crippen molar-refractivity contribution in [2.24, 2.45) is 0 Å². The Labute approximate surface area is 171 Å². The summed E-state index contributed by atoms with van der Waals surface area (Å²) in [6, 6.07) is 17.7. The molecule has 1 aliphatic heterocycles. The number of anilines is 1. The van der Waals surface area contributed by atoms with Crippen molar-refractivity contribution in [1.82, 2.24) is 0 Å². The molecule has 1 aliphatic rings. The third kappa shape index (κ3) is 3.84. The highest BCUT2D eigenvalue weighted by molar-refractivity contribution is 9.10. The molecule has 28 heavy (non-hydrogen) atoms. The van der Waals surface area contributed by atoms with Crippen LogP contribution in [0.5, 0.6) is 5.75 Å². The van der Waals surface area contributed by atoms with Crippen LogP contribution in [0.2, 0.25) is 0 Å². The lowest BCUT2D eigenvalue weighted by Gasteiger charge is -2.23. The number of nitrogens with zero attached hydrogens (tertiary/aromatic N) is 1. The van der Waals surface area contributed by atoms with Crippen LogP contribution in [-0.2, 0) is 11.3 Å². The van der Waals surface area contributed by atoms with Gasteiger partial charge < -0.3 is 14.6 Å². The normalized spacial score (nSPS) is 15.4. The molecular formula is C22H20BrNO4. The van der Waals surface area contributed by atoms with E-state index in [0.717, 1.165) is 26.4 Å². The molecule has 144 valence electrons. The number of ether oxygens (including phenoxy) is 2. The van der Waals surface area contributed by atoms with E-state index in [1.165, 1.54) is 4.90 Å². The lowest BCUT2D eigenvalue weighted by atomic mass is 10.0. The first-order valence-corrected chi connectivity index (χ1v) is 9.84. The predicted octanol–water partition coefficient (Wildman–Crippen LogP) is 5.37. The molecule has 5 nitrogen and oxygen atoms in total. The van der Waals surface area contributed by atoms with Crippen LogP contribution in [0.4, 0.5) is 10.5 Å². The average molecular weight is 442 g/mol. The largest absolute Gasteiger partial charge is 0.488 e. The molecule has 0 saturated carbocycles.